The number of aliphatic hydroxyl groups excluding tert-OH is 1. The summed E-state index contributed by atoms with van der Waals surface area (Å²) in [5.74, 6) is 0.864. The van der Waals surface area contributed by atoms with E-state index in [0.29, 0.717) is 0 Å². The predicted molar refractivity (Wildman–Crippen MR) is 87.4 cm³/mol. The summed E-state index contributed by atoms with van der Waals surface area (Å²) in [5, 5.41) is 13.3. The van der Waals surface area contributed by atoms with E-state index in [1.807, 2.05) is 0 Å². The van der Waals surface area contributed by atoms with E-state index in [9.17, 15) is 5.11 Å². The molecule has 21 heavy (non-hydrogen) atoms. The molecule has 2 aliphatic rings. The lowest BCUT2D eigenvalue weighted by molar-refractivity contribution is 0.0793. The third kappa shape index (κ3) is 4.21. The van der Waals surface area contributed by atoms with Crippen LogP contribution >= 0.6 is 0 Å². The summed E-state index contributed by atoms with van der Waals surface area (Å²) >= 11 is 0. The minimum atomic E-state index is -0.0861. The van der Waals surface area contributed by atoms with E-state index in [2.05, 4.69) is 34.5 Å². The van der Waals surface area contributed by atoms with Crippen LogP contribution in [0.1, 0.15) is 44.1 Å². The molecule has 1 saturated carbocycles. The number of hydrogen-bond donors (Lipinski definition) is 2. The summed E-state index contributed by atoms with van der Waals surface area (Å²) < 4.78 is 0. The van der Waals surface area contributed by atoms with Gasteiger partial charge in [0.15, 0.2) is 0 Å². The Hall–Kier alpha value is -1.06. The first-order valence-corrected chi connectivity index (χ1v) is 8.53. The molecule has 1 aromatic carbocycles. The molecule has 1 aliphatic heterocycles. The van der Waals surface area contributed by atoms with Crippen molar-refractivity contribution in [3.63, 3.8) is 0 Å². The fourth-order valence-corrected chi connectivity index (χ4v) is 3.62. The Labute approximate surface area is 128 Å². The van der Waals surface area contributed by atoms with Crippen molar-refractivity contribution < 1.29 is 5.11 Å². The minimum absolute atomic E-state index is 0.0861. The zero-order valence-corrected chi connectivity index (χ0v) is 12.9. The molecular formula is C18H28N2O. The Kier molecular flexibility index (Phi) is 5.15. The summed E-state index contributed by atoms with van der Waals surface area (Å²) in [6.45, 7) is 4.15. The van der Waals surface area contributed by atoms with E-state index in [1.54, 1.807) is 0 Å². The molecule has 1 aliphatic carbocycles. The van der Waals surface area contributed by atoms with Crippen molar-refractivity contribution in [2.75, 3.05) is 25.0 Å². The molecule has 0 aromatic heterocycles. The number of para-hydroxylation sites is 1. The normalized spacial score (nSPS) is 21.8. The molecule has 0 spiro atoms. The van der Waals surface area contributed by atoms with Gasteiger partial charge in [-0.1, -0.05) is 31.0 Å². The lowest BCUT2D eigenvalue weighted by atomic mass is 10.1. The van der Waals surface area contributed by atoms with Gasteiger partial charge in [0.1, 0.15) is 0 Å². The Bertz CT molecular complexity index is 435. The van der Waals surface area contributed by atoms with Gasteiger partial charge in [-0.15, -0.1) is 0 Å². The zero-order valence-electron chi connectivity index (χ0n) is 12.9. The number of aliphatic hydroxyl groups is 1. The molecule has 116 valence electrons. The number of likely N-dealkylation sites (tertiary alicyclic amines) is 1. The molecule has 0 amide bonds. The van der Waals surface area contributed by atoms with Crippen molar-refractivity contribution in [3.05, 3.63) is 29.8 Å². The lowest BCUT2D eigenvalue weighted by Gasteiger charge is -2.30. The predicted octanol–water partition coefficient (Wildman–Crippen LogP) is 3.25. The molecule has 3 nitrogen and oxygen atoms in total. The second-order valence-electron chi connectivity index (χ2n) is 6.70. The second-order valence-corrected chi connectivity index (χ2v) is 6.70. The molecule has 0 atom stereocenters. The highest BCUT2D eigenvalue weighted by Crippen LogP contribution is 2.26. The van der Waals surface area contributed by atoms with Crippen LogP contribution in [0.25, 0.3) is 0 Å². The highest BCUT2D eigenvalue weighted by molar-refractivity contribution is 5.51. The highest BCUT2D eigenvalue weighted by Gasteiger charge is 2.18. The number of nitrogens with one attached hydrogen (secondary N) is 1. The molecule has 2 N–H and O–H groups in total. The maximum Gasteiger partial charge on any atom is 0.0564 e. The molecular weight excluding hydrogens is 260 g/mol. The van der Waals surface area contributed by atoms with Crippen LogP contribution in [-0.4, -0.2) is 35.7 Å². The summed E-state index contributed by atoms with van der Waals surface area (Å²) in [7, 11) is 0. The maximum atomic E-state index is 9.61. The van der Waals surface area contributed by atoms with Crippen LogP contribution in [0.15, 0.2) is 24.3 Å². The van der Waals surface area contributed by atoms with Crippen LogP contribution < -0.4 is 5.32 Å². The third-order valence-electron chi connectivity index (χ3n) is 5.02. The summed E-state index contributed by atoms with van der Waals surface area (Å²) in [5.41, 5.74) is 2.70. The van der Waals surface area contributed by atoms with E-state index >= 15 is 0 Å². The molecule has 3 rings (SSSR count). The fraction of sp³-hybridized carbons (Fsp3) is 0.667. The van der Waals surface area contributed by atoms with Gasteiger partial charge in [0.25, 0.3) is 0 Å². The number of hydrogen-bond acceptors (Lipinski definition) is 3. The van der Waals surface area contributed by atoms with Crippen LogP contribution in [0, 0.1) is 5.92 Å². The second kappa shape index (κ2) is 7.28. The van der Waals surface area contributed by atoms with E-state index in [4.69, 9.17) is 0 Å². The summed E-state index contributed by atoms with van der Waals surface area (Å²) in [4.78, 5) is 2.46. The first kappa shape index (κ1) is 14.9. The van der Waals surface area contributed by atoms with Crippen molar-refractivity contribution in [2.24, 2.45) is 5.92 Å². The van der Waals surface area contributed by atoms with E-state index < -0.39 is 0 Å². The van der Waals surface area contributed by atoms with Crippen molar-refractivity contribution >= 4 is 5.69 Å². The molecule has 0 unspecified atom stereocenters. The van der Waals surface area contributed by atoms with Gasteiger partial charge in [0.2, 0.25) is 0 Å². The number of piperidine rings is 1. The van der Waals surface area contributed by atoms with Crippen LogP contribution in [0.4, 0.5) is 5.69 Å². The van der Waals surface area contributed by atoms with E-state index in [0.717, 1.165) is 44.9 Å². The van der Waals surface area contributed by atoms with Crippen molar-refractivity contribution in [1.82, 2.24) is 4.90 Å². The molecule has 1 heterocycles. The maximum absolute atomic E-state index is 9.61. The third-order valence-corrected chi connectivity index (χ3v) is 5.02. The Morgan fingerprint density at radius 1 is 1.05 bits per heavy atom. The number of anilines is 1. The van der Waals surface area contributed by atoms with Crippen LogP contribution in [0.5, 0.6) is 0 Å². The first-order valence-electron chi connectivity index (χ1n) is 8.53. The summed E-state index contributed by atoms with van der Waals surface area (Å²) in [6.07, 6.45) is 7.33. The molecule has 0 radical (unpaired) electrons. The number of nitrogens with zero attached hydrogens (tertiary/aromatic N) is 1. The molecule has 2 fully saturated rings. The average Bonchev–Trinajstić information content (AvgIpc) is 3.02. The van der Waals surface area contributed by atoms with Gasteiger partial charge in [-0.05, 0) is 43.2 Å². The van der Waals surface area contributed by atoms with Crippen LogP contribution in [0.2, 0.25) is 0 Å². The van der Waals surface area contributed by atoms with Crippen molar-refractivity contribution in [3.8, 4) is 0 Å². The fourth-order valence-electron chi connectivity index (χ4n) is 3.62. The van der Waals surface area contributed by atoms with E-state index in [1.165, 1.54) is 36.9 Å². The van der Waals surface area contributed by atoms with Gasteiger partial charge in [0.05, 0.1) is 6.10 Å². The Morgan fingerprint density at radius 3 is 2.52 bits per heavy atom. The Balaban J connectivity index is 1.56. The first-order chi connectivity index (χ1) is 10.3. The molecule has 0 bridgehead atoms. The largest absolute Gasteiger partial charge is 0.393 e. The van der Waals surface area contributed by atoms with Gasteiger partial charge >= 0.3 is 0 Å². The van der Waals surface area contributed by atoms with E-state index in [-0.39, 0.29) is 6.10 Å². The highest BCUT2D eigenvalue weighted by atomic mass is 16.3. The topological polar surface area (TPSA) is 35.5 Å². The molecule has 3 heteroatoms. The summed E-state index contributed by atoms with van der Waals surface area (Å²) in [6, 6.07) is 8.71. The standard InChI is InChI=1S/C18H28N2O/c21-17-9-11-20(12-10-17)14-16-7-3-4-8-18(16)19-13-15-5-1-2-6-15/h3-4,7-8,15,17,19,21H,1-2,5-6,9-14H2. The lowest BCUT2D eigenvalue weighted by Crippen LogP contribution is -2.35. The zero-order chi connectivity index (χ0) is 14.5. The SMILES string of the molecule is OC1CCN(Cc2ccccc2NCC2CCCC2)CC1. The van der Waals surface area contributed by atoms with Crippen LogP contribution in [-0.2, 0) is 6.54 Å². The van der Waals surface area contributed by atoms with Crippen LogP contribution in [0.3, 0.4) is 0 Å². The van der Waals surface area contributed by atoms with Crippen molar-refractivity contribution in [2.45, 2.75) is 51.2 Å². The quantitative estimate of drug-likeness (QED) is 0.873. The average molecular weight is 288 g/mol. The number of benzene rings is 1. The van der Waals surface area contributed by atoms with Gasteiger partial charge in [-0.3, -0.25) is 4.90 Å². The van der Waals surface area contributed by atoms with Gasteiger partial charge in [-0.2, -0.15) is 0 Å². The number of rotatable bonds is 5. The smallest absolute Gasteiger partial charge is 0.0564 e. The van der Waals surface area contributed by atoms with Gasteiger partial charge in [0, 0.05) is 31.9 Å². The Morgan fingerprint density at radius 2 is 1.76 bits per heavy atom. The monoisotopic (exact) mass is 288 g/mol. The minimum Gasteiger partial charge on any atom is -0.393 e. The van der Waals surface area contributed by atoms with Gasteiger partial charge in [-0.25, -0.2) is 0 Å². The molecule has 1 aromatic rings. The molecule has 1 saturated heterocycles. The van der Waals surface area contributed by atoms with Gasteiger partial charge < -0.3 is 10.4 Å². The van der Waals surface area contributed by atoms with Crippen molar-refractivity contribution in [1.29, 1.82) is 0 Å².